The normalized spacial score (nSPS) is 10.7. The summed E-state index contributed by atoms with van der Waals surface area (Å²) in [5.74, 6) is 0.789. The van der Waals surface area contributed by atoms with Crippen LogP contribution in [0, 0.1) is 19.7 Å². The van der Waals surface area contributed by atoms with Crippen LogP contribution in [-0.2, 0) is 6.42 Å². The maximum Gasteiger partial charge on any atom is 0.130 e. The van der Waals surface area contributed by atoms with Crippen molar-refractivity contribution in [1.29, 1.82) is 0 Å². The number of hydrogen-bond donors (Lipinski definition) is 1. The number of hydrogen-bond acceptors (Lipinski definition) is 2. The molecule has 0 amide bonds. The van der Waals surface area contributed by atoms with Gasteiger partial charge in [0.1, 0.15) is 17.3 Å². The second-order valence-electron chi connectivity index (χ2n) is 4.81. The first-order chi connectivity index (χ1) is 9.49. The molecule has 2 N–H and O–H groups in total. The van der Waals surface area contributed by atoms with E-state index in [1.807, 2.05) is 26.0 Å². The van der Waals surface area contributed by atoms with E-state index in [0.717, 1.165) is 21.7 Å². The predicted octanol–water partition coefficient (Wildman–Crippen LogP) is 4.39. The Labute approximate surface area is 123 Å². The van der Waals surface area contributed by atoms with Crippen molar-refractivity contribution in [2.75, 3.05) is 6.54 Å². The lowest BCUT2D eigenvalue weighted by Gasteiger charge is -2.11. The maximum atomic E-state index is 13.5. The molecule has 0 saturated carbocycles. The van der Waals surface area contributed by atoms with Gasteiger partial charge in [0.05, 0.1) is 0 Å². The molecule has 0 aliphatic carbocycles. The third-order valence-electron chi connectivity index (χ3n) is 3.01. The minimum Gasteiger partial charge on any atom is -0.457 e. The molecule has 0 heterocycles. The summed E-state index contributed by atoms with van der Waals surface area (Å²) in [5.41, 5.74) is 8.18. The van der Waals surface area contributed by atoms with Crippen LogP contribution in [0.4, 0.5) is 4.39 Å². The van der Waals surface area contributed by atoms with Crippen molar-refractivity contribution in [1.82, 2.24) is 0 Å². The van der Waals surface area contributed by atoms with Crippen molar-refractivity contribution < 1.29 is 9.13 Å². The molecule has 2 aromatic rings. The molecule has 0 bridgehead atoms. The Hall–Kier alpha value is -1.58. The lowest BCUT2D eigenvalue weighted by molar-refractivity contribution is 0.475. The lowest BCUT2D eigenvalue weighted by Crippen LogP contribution is -2.03. The van der Waals surface area contributed by atoms with E-state index in [1.54, 1.807) is 6.07 Å². The molecule has 0 spiro atoms. The fraction of sp³-hybridized carbons (Fsp3) is 0.250. The fourth-order valence-corrected chi connectivity index (χ4v) is 2.20. The number of nitrogens with two attached hydrogens (primary N) is 1. The van der Waals surface area contributed by atoms with E-state index >= 15 is 0 Å². The van der Waals surface area contributed by atoms with E-state index in [0.29, 0.717) is 24.5 Å². The van der Waals surface area contributed by atoms with Gasteiger partial charge in [-0.1, -0.05) is 11.6 Å². The number of ether oxygens (including phenoxy) is 1. The largest absolute Gasteiger partial charge is 0.457 e. The monoisotopic (exact) mass is 293 g/mol. The highest BCUT2D eigenvalue weighted by molar-refractivity contribution is 6.32. The van der Waals surface area contributed by atoms with E-state index in [1.165, 1.54) is 12.1 Å². The zero-order valence-electron chi connectivity index (χ0n) is 11.5. The number of benzene rings is 2. The maximum absolute atomic E-state index is 13.5. The van der Waals surface area contributed by atoms with Gasteiger partial charge >= 0.3 is 0 Å². The molecule has 2 rings (SSSR count). The van der Waals surface area contributed by atoms with Crippen LogP contribution in [0.1, 0.15) is 16.7 Å². The second kappa shape index (κ2) is 6.25. The van der Waals surface area contributed by atoms with Gasteiger partial charge < -0.3 is 10.5 Å². The van der Waals surface area contributed by atoms with Gasteiger partial charge in [-0.15, -0.1) is 0 Å². The summed E-state index contributed by atoms with van der Waals surface area (Å²) < 4.78 is 19.3. The molecule has 0 fully saturated rings. The van der Waals surface area contributed by atoms with Gasteiger partial charge in [0.25, 0.3) is 0 Å². The van der Waals surface area contributed by atoms with Gasteiger partial charge in [-0.05, 0) is 67.8 Å². The zero-order chi connectivity index (χ0) is 14.7. The molecule has 0 aliphatic heterocycles. The molecule has 4 heteroatoms. The molecule has 0 aliphatic rings. The quantitative estimate of drug-likeness (QED) is 0.907. The van der Waals surface area contributed by atoms with E-state index < -0.39 is 0 Å². The van der Waals surface area contributed by atoms with Gasteiger partial charge in [-0.2, -0.15) is 0 Å². The molecular weight excluding hydrogens is 277 g/mol. The van der Waals surface area contributed by atoms with Crippen LogP contribution < -0.4 is 10.5 Å². The zero-order valence-corrected chi connectivity index (χ0v) is 12.3. The average molecular weight is 294 g/mol. The summed E-state index contributed by atoms with van der Waals surface area (Å²) in [5, 5.41) is 0.723. The molecular formula is C16H17ClFNO. The van der Waals surface area contributed by atoms with Crippen molar-refractivity contribution >= 4 is 11.6 Å². The third kappa shape index (κ3) is 3.50. The average Bonchev–Trinajstić information content (AvgIpc) is 2.35. The molecule has 0 unspecified atom stereocenters. The van der Waals surface area contributed by atoms with Gasteiger partial charge in [-0.25, -0.2) is 4.39 Å². The molecule has 0 radical (unpaired) electrons. The Kier molecular flexibility index (Phi) is 4.63. The summed E-state index contributed by atoms with van der Waals surface area (Å²) in [6, 6.07) is 8.30. The Morgan fingerprint density at radius 2 is 1.65 bits per heavy atom. The number of halogens is 2. The minimum absolute atomic E-state index is 0.326. The first kappa shape index (κ1) is 14.8. The van der Waals surface area contributed by atoms with Crippen LogP contribution in [0.15, 0.2) is 30.3 Å². The van der Waals surface area contributed by atoms with E-state index in [2.05, 4.69) is 0 Å². The molecule has 0 saturated heterocycles. The second-order valence-corrected chi connectivity index (χ2v) is 5.18. The Bertz CT molecular complexity index is 605. The van der Waals surface area contributed by atoms with Crippen LogP contribution in [0.5, 0.6) is 11.5 Å². The fourth-order valence-electron chi connectivity index (χ4n) is 2.09. The van der Waals surface area contributed by atoms with Gasteiger partial charge in [0.2, 0.25) is 0 Å². The molecule has 106 valence electrons. The summed E-state index contributed by atoms with van der Waals surface area (Å²) in [7, 11) is 0. The van der Waals surface area contributed by atoms with Crippen LogP contribution in [0.2, 0.25) is 5.02 Å². The van der Waals surface area contributed by atoms with Crippen LogP contribution in [0.25, 0.3) is 0 Å². The topological polar surface area (TPSA) is 35.2 Å². The highest BCUT2D eigenvalue weighted by atomic mass is 35.5. The van der Waals surface area contributed by atoms with Crippen molar-refractivity contribution in [3.8, 4) is 11.5 Å². The van der Waals surface area contributed by atoms with Crippen LogP contribution in [0.3, 0.4) is 0 Å². The smallest absolute Gasteiger partial charge is 0.130 e. The highest BCUT2D eigenvalue weighted by Gasteiger charge is 2.07. The van der Waals surface area contributed by atoms with Crippen molar-refractivity contribution in [2.24, 2.45) is 5.73 Å². The van der Waals surface area contributed by atoms with Gasteiger partial charge in [-0.3, -0.25) is 0 Å². The van der Waals surface area contributed by atoms with E-state index in [4.69, 9.17) is 22.1 Å². The minimum atomic E-state index is -0.326. The van der Waals surface area contributed by atoms with E-state index in [9.17, 15) is 4.39 Å². The van der Waals surface area contributed by atoms with Crippen LogP contribution in [-0.4, -0.2) is 6.54 Å². The molecule has 0 aromatic heterocycles. The molecule has 0 atom stereocenters. The summed E-state index contributed by atoms with van der Waals surface area (Å²) in [4.78, 5) is 0. The van der Waals surface area contributed by atoms with Gasteiger partial charge in [0, 0.05) is 11.1 Å². The first-order valence-electron chi connectivity index (χ1n) is 6.43. The highest BCUT2D eigenvalue weighted by Crippen LogP contribution is 2.30. The SMILES string of the molecule is Cc1cc(Oc2cc(F)cc(CCN)c2)cc(C)c1Cl. The van der Waals surface area contributed by atoms with Gasteiger partial charge in [0.15, 0.2) is 0 Å². The number of rotatable bonds is 4. The standard InChI is InChI=1S/C16H17ClFNO/c1-10-5-14(6-11(2)16(10)17)20-15-8-12(3-4-19)7-13(18)9-15/h5-9H,3-4,19H2,1-2H3. The first-order valence-corrected chi connectivity index (χ1v) is 6.81. The Morgan fingerprint density at radius 1 is 1.05 bits per heavy atom. The molecule has 2 aromatic carbocycles. The summed E-state index contributed by atoms with van der Waals surface area (Å²) >= 11 is 6.11. The number of aryl methyl sites for hydroxylation is 2. The summed E-state index contributed by atoms with van der Waals surface area (Å²) in [6.07, 6.45) is 0.618. The Morgan fingerprint density at radius 3 is 2.25 bits per heavy atom. The van der Waals surface area contributed by atoms with Crippen molar-refractivity contribution in [2.45, 2.75) is 20.3 Å². The van der Waals surface area contributed by atoms with E-state index in [-0.39, 0.29) is 5.82 Å². The van der Waals surface area contributed by atoms with Crippen molar-refractivity contribution in [3.05, 3.63) is 57.9 Å². The summed E-state index contributed by atoms with van der Waals surface area (Å²) in [6.45, 7) is 4.29. The lowest BCUT2D eigenvalue weighted by atomic mass is 10.1. The molecule has 2 nitrogen and oxygen atoms in total. The molecule has 20 heavy (non-hydrogen) atoms. The Balaban J connectivity index is 2.30. The van der Waals surface area contributed by atoms with Crippen molar-refractivity contribution in [3.63, 3.8) is 0 Å². The third-order valence-corrected chi connectivity index (χ3v) is 3.61. The predicted molar refractivity (Wildman–Crippen MR) is 80.2 cm³/mol. The van der Waals surface area contributed by atoms with Crippen LogP contribution >= 0.6 is 11.6 Å².